The largest absolute Gasteiger partial charge is 0.338 e. The highest BCUT2D eigenvalue weighted by Gasteiger charge is 2.08. The number of aryl methyl sites for hydroxylation is 1. The van der Waals surface area contributed by atoms with Crippen LogP contribution in [0.4, 0.5) is 17.3 Å². The normalized spacial score (nSPS) is 10.4. The van der Waals surface area contributed by atoms with E-state index in [1.54, 1.807) is 6.07 Å². The van der Waals surface area contributed by atoms with Crippen LogP contribution in [0.1, 0.15) is 19.2 Å². The van der Waals surface area contributed by atoms with Gasteiger partial charge < -0.3 is 10.7 Å². The van der Waals surface area contributed by atoms with E-state index in [0.717, 1.165) is 33.3 Å². The van der Waals surface area contributed by atoms with Crippen LogP contribution in [-0.4, -0.2) is 9.97 Å². The molecule has 20 heavy (non-hydrogen) atoms. The minimum Gasteiger partial charge on any atom is -0.338 e. The van der Waals surface area contributed by atoms with Crippen molar-refractivity contribution in [3.05, 3.63) is 39.0 Å². The van der Waals surface area contributed by atoms with Gasteiger partial charge in [0.15, 0.2) is 0 Å². The number of hydrogen-bond donors (Lipinski definition) is 3. The molecule has 106 valence electrons. The van der Waals surface area contributed by atoms with Crippen molar-refractivity contribution in [1.82, 2.24) is 9.97 Å². The number of nitrogens with zero attached hydrogens (tertiary/aromatic N) is 2. The van der Waals surface area contributed by atoms with E-state index in [4.69, 9.17) is 5.84 Å². The highest BCUT2D eigenvalue weighted by Crippen LogP contribution is 2.32. The number of nitrogens with two attached hydrogens (primary N) is 1. The van der Waals surface area contributed by atoms with Crippen LogP contribution in [0.25, 0.3) is 0 Å². The molecule has 0 saturated heterocycles. The molecule has 1 heterocycles. The highest BCUT2D eigenvalue weighted by atomic mass is 79.9. The van der Waals surface area contributed by atoms with Gasteiger partial charge in [0.25, 0.3) is 0 Å². The number of nitrogen functional groups attached to an aromatic ring is 1. The summed E-state index contributed by atoms with van der Waals surface area (Å²) in [6.45, 7) is 2.09. The molecule has 0 aliphatic rings. The van der Waals surface area contributed by atoms with Crippen molar-refractivity contribution in [3.63, 3.8) is 0 Å². The van der Waals surface area contributed by atoms with Gasteiger partial charge in [-0.05, 0) is 50.4 Å². The fourth-order valence-corrected chi connectivity index (χ4v) is 2.91. The number of halogens is 2. The molecule has 0 saturated carbocycles. The van der Waals surface area contributed by atoms with Crippen molar-refractivity contribution in [1.29, 1.82) is 0 Å². The van der Waals surface area contributed by atoms with Gasteiger partial charge in [0, 0.05) is 21.4 Å². The van der Waals surface area contributed by atoms with E-state index in [1.165, 1.54) is 0 Å². The van der Waals surface area contributed by atoms with Gasteiger partial charge in [-0.15, -0.1) is 0 Å². The Hall–Kier alpha value is -1.18. The molecule has 0 radical (unpaired) electrons. The third kappa shape index (κ3) is 3.68. The second-order valence-corrected chi connectivity index (χ2v) is 5.88. The lowest BCUT2D eigenvalue weighted by Crippen LogP contribution is -2.11. The Labute approximate surface area is 134 Å². The Morgan fingerprint density at radius 3 is 2.40 bits per heavy atom. The van der Waals surface area contributed by atoms with Crippen molar-refractivity contribution in [3.8, 4) is 0 Å². The summed E-state index contributed by atoms with van der Waals surface area (Å²) in [5, 5.41) is 3.27. The molecule has 2 rings (SSSR count). The molecule has 0 unspecified atom stereocenters. The lowest BCUT2D eigenvalue weighted by molar-refractivity contribution is 0.837. The lowest BCUT2D eigenvalue weighted by Gasteiger charge is -2.12. The topological polar surface area (TPSA) is 75.9 Å². The van der Waals surface area contributed by atoms with Crippen molar-refractivity contribution < 1.29 is 0 Å². The molecule has 5 nitrogen and oxygen atoms in total. The highest BCUT2D eigenvalue weighted by molar-refractivity contribution is 9.11. The molecule has 2 aromatic rings. The predicted octanol–water partition coefficient (Wildman–Crippen LogP) is 3.98. The zero-order valence-electron chi connectivity index (χ0n) is 11.0. The van der Waals surface area contributed by atoms with Gasteiger partial charge in [0.05, 0.1) is 5.69 Å². The lowest BCUT2D eigenvalue weighted by atomic mass is 10.3. The fourth-order valence-electron chi connectivity index (χ4n) is 1.72. The van der Waals surface area contributed by atoms with E-state index in [1.807, 2.05) is 18.2 Å². The SMILES string of the molecule is CCCc1nc(NN)cc(Nc2c(Br)cccc2Br)n1. The Kier molecular flexibility index (Phi) is 5.33. The molecule has 4 N–H and O–H groups in total. The summed E-state index contributed by atoms with van der Waals surface area (Å²) < 4.78 is 1.90. The smallest absolute Gasteiger partial charge is 0.145 e. The molecule has 0 aliphatic carbocycles. The maximum atomic E-state index is 5.45. The van der Waals surface area contributed by atoms with Crippen LogP contribution >= 0.6 is 31.9 Å². The summed E-state index contributed by atoms with van der Waals surface area (Å²) in [6, 6.07) is 7.65. The number of anilines is 3. The third-order valence-electron chi connectivity index (χ3n) is 2.61. The molecule has 1 aromatic carbocycles. The van der Waals surface area contributed by atoms with Crippen LogP contribution in [-0.2, 0) is 6.42 Å². The number of aromatic nitrogens is 2. The maximum absolute atomic E-state index is 5.45. The average molecular weight is 401 g/mol. The summed E-state index contributed by atoms with van der Waals surface area (Å²) in [5.74, 6) is 7.50. The van der Waals surface area contributed by atoms with Crippen LogP contribution in [0.3, 0.4) is 0 Å². The molecule has 0 amide bonds. The molecule has 7 heteroatoms. The Bertz CT molecular complexity index is 583. The summed E-state index contributed by atoms with van der Waals surface area (Å²) >= 11 is 7.03. The first-order valence-corrected chi connectivity index (χ1v) is 7.78. The Balaban J connectivity index is 2.35. The zero-order chi connectivity index (χ0) is 14.5. The van der Waals surface area contributed by atoms with Gasteiger partial charge in [0.1, 0.15) is 17.5 Å². The van der Waals surface area contributed by atoms with Crippen LogP contribution in [0.2, 0.25) is 0 Å². The molecular formula is C13H15Br2N5. The first kappa shape index (κ1) is 15.2. The third-order valence-corrected chi connectivity index (χ3v) is 3.93. The van der Waals surface area contributed by atoms with E-state index < -0.39 is 0 Å². The first-order chi connectivity index (χ1) is 9.63. The number of hydrogen-bond acceptors (Lipinski definition) is 5. The number of hydrazine groups is 1. The van der Waals surface area contributed by atoms with Gasteiger partial charge in [-0.3, -0.25) is 0 Å². The average Bonchev–Trinajstić information content (AvgIpc) is 2.43. The Morgan fingerprint density at radius 2 is 1.80 bits per heavy atom. The van der Waals surface area contributed by atoms with E-state index in [-0.39, 0.29) is 0 Å². The standard InChI is InChI=1S/C13H15Br2N5/c1-2-4-10-17-11(7-12(18-10)20-16)19-13-8(14)5-3-6-9(13)15/h3,5-7H,2,4,16H2,1H3,(H2,17,18,19,20). The van der Waals surface area contributed by atoms with E-state index >= 15 is 0 Å². The number of rotatable bonds is 5. The van der Waals surface area contributed by atoms with Crippen LogP contribution in [0.5, 0.6) is 0 Å². The summed E-state index contributed by atoms with van der Waals surface area (Å²) in [4.78, 5) is 8.81. The number of nitrogens with one attached hydrogen (secondary N) is 2. The molecular weight excluding hydrogens is 386 g/mol. The fraction of sp³-hybridized carbons (Fsp3) is 0.231. The minimum atomic E-state index is 0.592. The van der Waals surface area contributed by atoms with Crippen LogP contribution in [0.15, 0.2) is 33.2 Å². The summed E-state index contributed by atoms with van der Waals surface area (Å²) in [7, 11) is 0. The van der Waals surface area contributed by atoms with Crippen LogP contribution < -0.4 is 16.6 Å². The second kappa shape index (κ2) is 7.01. The summed E-state index contributed by atoms with van der Waals surface area (Å²) in [6.07, 6.45) is 1.79. The maximum Gasteiger partial charge on any atom is 0.145 e. The molecule has 0 atom stereocenters. The van der Waals surface area contributed by atoms with Gasteiger partial charge in [-0.2, -0.15) is 0 Å². The quantitative estimate of drug-likeness (QED) is 0.522. The number of para-hydroxylation sites is 1. The van der Waals surface area contributed by atoms with Crippen molar-refractivity contribution >= 4 is 49.2 Å². The monoisotopic (exact) mass is 399 g/mol. The van der Waals surface area contributed by atoms with E-state index in [2.05, 4.69) is 59.5 Å². The van der Waals surface area contributed by atoms with E-state index in [9.17, 15) is 0 Å². The minimum absolute atomic E-state index is 0.592. The molecule has 0 spiro atoms. The van der Waals surface area contributed by atoms with Gasteiger partial charge in [-0.25, -0.2) is 15.8 Å². The summed E-state index contributed by atoms with van der Waals surface area (Å²) in [5.41, 5.74) is 3.48. The molecule has 0 bridgehead atoms. The molecule has 0 fully saturated rings. The molecule has 0 aliphatic heterocycles. The van der Waals surface area contributed by atoms with Gasteiger partial charge in [-0.1, -0.05) is 13.0 Å². The van der Waals surface area contributed by atoms with Crippen molar-refractivity contribution in [2.24, 2.45) is 5.84 Å². The Morgan fingerprint density at radius 1 is 1.15 bits per heavy atom. The first-order valence-electron chi connectivity index (χ1n) is 6.19. The number of benzene rings is 1. The second-order valence-electron chi connectivity index (χ2n) is 4.17. The van der Waals surface area contributed by atoms with Gasteiger partial charge >= 0.3 is 0 Å². The van der Waals surface area contributed by atoms with Gasteiger partial charge in [0.2, 0.25) is 0 Å². The van der Waals surface area contributed by atoms with Crippen molar-refractivity contribution in [2.75, 3.05) is 10.7 Å². The van der Waals surface area contributed by atoms with Crippen LogP contribution in [0, 0.1) is 0 Å². The van der Waals surface area contributed by atoms with E-state index in [0.29, 0.717) is 11.6 Å². The molecule has 1 aromatic heterocycles. The predicted molar refractivity (Wildman–Crippen MR) is 89.0 cm³/mol. The zero-order valence-corrected chi connectivity index (χ0v) is 14.1. The van der Waals surface area contributed by atoms with Crippen molar-refractivity contribution in [2.45, 2.75) is 19.8 Å².